The standard InChI is InChI=1S/C30H31FN4O2.CO2/c1-21(2)34-19-23(27-26(12-15-32-28(27)34)22-8-10-24(31)11-9-22)18-33-16-13-30(14-17-33)20-35(29(36)37-30)25-6-4-3-5-7-25;2-1-3/h3-12,15,19,21H,13-14,16-18,20H2,1-2H3;. The summed E-state index contributed by atoms with van der Waals surface area (Å²) in [5.74, 6) is -0.241. The second kappa shape index (κ2) is 11.4. The van der Waals surface area contributed by atoms with Crippen molar-refractivity contribution in [1.82, 2.24) is 14.5 Å². The summed E-state index contributed by atoms with van der Waals surface area (Å²) in [6.07, 6.45) is 5.64. The Labute approximate surface area is 232 Å². The van der Waals surface area contributed by atoms with Gasteiger partial charge in [0.25, 0.3) is 0 Å². The second-order valence-corrected chi connectivity index (χ2v) is 10.6. The SMILES string of the molecule is CC(C)n1cc(CN2CCC3(CC2)CN(c2ccccc2)C(=O)O3)c2c(-c3ccc(F)cc3)ccnc21.O=C=O. The molecule has 1 amide bonds. The lowest BCUT2D eigenvalue weighted by Crippen LogP contribution is -2.46. The maximum Gasteiger partial charge on any atom is 0.415 e. The van der Waals surface area contributed by atoms with E-state index in [0.29, 0.717) is 6.54 Å². The van der Waals surface area contributed by atoms with Crippen molar-refractivity contribution < 1.29 is 23.5 Å². The molecule has 0 N–H and O–H groups in total. The first kappa shape index (κ1) is 27.2. The molecule has 0 unspecified atom stereocenters. The predicted octanol–water partition coefficient (Wildman–Crippen LogP) is 5.83. The topological polar surface area (TPSA) is 84.7 Å². The van der Waals surface area contributed by atoms with Gasteiger partial charge >= 0.3 is 12.2 Å². The zero-order valence-corrected chi connectivity index (χ0v) is 22.5. The van der Waals surface area contributed by atoms with Gasteiger partial charge in [-0.15, -0.1) is 0 Å². The van der Waals surface area contributed by atoms with Gasteiger partial charge in [0.1, 0.15) is 17.1 Å². The number of carbonyl (C=O) groups is 1. The van der Waals surface area contributed by atoms with Gasteiger partial charge in [0.05, 0.1) is 6.54 Å². The van der Waals surface area contributed by atoms with Crippen molar-refractivity contribution in [3.63, 3.8) is 0 Å². The molecular formula is C31H31FN4O4. The Hall–Kier alpha value is -4.33. The van der Waals surface area contributed by atoms with Crippen LogP contribution in [0.3, 0.4) is 0 Å². The Bertz CT molecular complexity index is 1520. The fourth-order valence-corrected chi connectivity index (χ4v) is 5.69. The lowest BCUT2D eigenvalue weighted by atomic mass is 9.91. The maximum absolute atomic E-state index is 13.6. The van der Waals surface area contributed by atoms with E-state index < -0.39 is 5.60 Å². The number of pyridine rings is 1. The molecule has 1 spiro atoms. The summed E-state index contributed by atoms with van der Waals surface area (Å²) in [5.41, 5.74) is 4.65. The highest BCUT2D eigenvalue weighted by Gasteiger charge is 2.47. The normalized spacial score (nSPS) is 16.6. The number of anilines is 1. The fourth-order valence-electron chi connectivity index (χ4n) is 5.69. The van der Waals surface area contributed by atoms with Crippen LogP contribution in [0.4, 0.5) is 14.9 Å². The Morgan fingerprint density at radius 2 is 1.70 bits per heavy atom. The van der Waals surface area contributed by atoms with Crippen molar-refractivity contribution in [3.05, 3.63) is 84.4 Å². The molecule has 2 aromatic heterocycles. The van der Waals surface area contributed by atoms with Gasteiger partial charge in [-0.3, -0.25) is 9.80 Å². The number of piperidine rings is 1. The average molecular weight is 543 g/mol. The molecule has 40 heavy (non-hydrogen) atoms. The maximum atomic E-state index is 13.6. The molecule has 0 saturated carbocycles. The number of hydrogen-bond acceptors (Lipinski definition) is 6. The van der Waals surface area contributed by atoms with Crippen LogP contribution in [0.1, 0.15) is 38.3 Å². The van der Waals surface area contributed by atoms with Gasteiger partial charge in [-0.25, -0.2) is 14.2 Å². The number of ether oxygens (including phenoxy) is 1. The molecule has 2 saturated heterocycles. The molecule has 206 valence electrons. The minimum atomic E-state index is -0.434. The highest BCUT2D eigenvalue weighted by molar-refractivity contribution is 5.96. The minimum Gasteiger partial charge on any atom is -0.441 e. The van der Waals surface area contributed by atoms with Crippen LogP contribution in [0.15, 0.2) is 73.1 Å². The first-order valence-electron chi connectivity index (χ1n) is 13.4. The second-order valence-electron chi connectivity index (χ2n) is 10.6. The molecule has 0 bridgehead atoms. The Kier molecular flexibility index (Phi) is 7.78. The van der Waals surface area contributed by atoms with Crippen molar-refractivity contribution in [2.75, 3.05) is 24.5 Å². The van der Waals surface area contributed by atoms with E-state index in [1.54, 1.807) is 4.90 Å². The number of nitrogens with zero attached hydrogens (tertiary/aromatic N) is 4. The summed E-state index contributed by atoms with van der Waals surface area (Å²) >= 11 is 0. The van der Waals surface area contributed by atoms with E-state index in [1.165, 1.54) is 17.7 Å². The van der Waals surface area contributed by atoms with Gasteiger partial charge in [-0.1, -0.05) is 30.3 Å². The summed E-state index contributed by atoms with van der Waals surface area (Å²) in [7, 11) is 0. The van der Waals surface area contributed by atoms with E-state index in [1.807, 2.05) is 54.7 Å². The average Bonchev–Trinajstić information content (AvgIpc) is 3.49. The van der Waals surface area contributed by atoms with Crippen LogP contribution in [0.25, 0.3) is 22.2 Å². The van der Waals surface area contributed by atoms with Crippen LogP contribution >= 0.6 is 0 Å². The van der Waals surface area contributed by atoms with Gasteiger partial charge < -0.3 is 9.30 Å². The van der Waals surface area contributed by atoms with E-state index in [9.17, 15) is 9.18 Å². The number of carbonyl (C=O) groups excluding carboxylic acids is 3. The van der Waals surface area contributed by atoms with Crippen molar-refractivity contribution in [3.8, 4) is 11.1 Å². The third-order valence-corrected chi connectivity index (χ3v) is 7.70. The van der Waals surface area contributed by atoms with E-state index in [4.69, 9.17) is 19.3 Å². The van der Waals surface area contributed by atoms with Crippen LogP contribution in [0.2, 0.25) is 0 Å². The lowest BCUT2D eigenvalue weighted by Gasteiger charge is -2.37. The number of rotatable bonds is 5. The first-order valence-corrected chi connectivity index (χ1v) is 13.4. The molecular weight excluding hydrogens is 511 g/mol. The van der Waals surface area contributed by atoms with Crippen molar-refractivity contribution in [2.24, 2.45) is 0 Å². The van der Waals surface area contributed by atoms with Crippen molar-refractivity contribution in [1.29, 1.82) is 0 Å². The molecule has 0 atom stereocenters. The smallest absolute Gasteiger partial charge is 0.415 e. The Morgan fingerprint density at radius 3 is 2.35 bits per heavy atom. The quantitative estimate of drug-likeness (QED) is 0.316. The molecule has 4 aromatic rings. The third kappa shape index (κ3) is 5.39. The monoisotopic (exact) mass is 542 g/mol. The van der Waals surface area contributed by atoms with E-state index in [0.717, 1.165) is 60.3 Å². The Balaban J connectivity index is 0.00000103. The van der Waals surface area contributed by atoms with Gasteiger partial charge in [0, 0.05) is 62.0 Å². The number of halogens is 1. The number of amides is 1. The zero-order valence-electron chi connectivity index (χ0n) is 22.5. The molecule has 2 fully saturated rings. The van der Waals surface area contributed by atoms with Gasteiger partial charge in [-0.05, 0) is 60.9 Å². The van der Waals surface area contributed by atoms with Crippen LogP contribution in [0, 0.1) is 5.82 Å². The van der Waals surface area contributed by atoms with Crippen LogP contribution in [-0.2, 0) is 20.9 Å². The number of hydrogen-bond donors (Lipinski definition) is 0. The number of aromatic nitrogens is 2. The summed E-state index contributed by atoms with van der Waals surface area (Å²) in [6, 6.07) is 18.7. The zero-order chi connectivity index (χ0) is 28.3. The molecule has 0 radical (unpaired) electrons. The van der Waals surface area contributed by atoms with E-state index >= 15 is 0 Å². The lowest BCUT2D eigenvalue weighted by molar-refractivity contribution is -0.191. The first-order chi connectivity index (χ1) is 19.3. The highest BCUT2D eigenvalue weighted by Crippen LogP contribution is 2.38. The summed E-state index contributed by atoms with van der Waals surface area (Å²) in [6.45, 7) is 7.38. The summed E-state index contributed by atoms with van der Waals surface area (Å²) in [4.78, 5) is 37.9. The van der Waals surface area contributed by atoms with Gasteiger partial charge in [0.2, 0.25) is 0 Å². The third-order valence-electron chi connectivity index (χ3n) is 7.70. The van der Waals surface area contributed by atoms with E-state index in [-0.39, 0.29) is 24.1 Å². The molecule has 2 aliphatic rings. The van der Waals surface area contributed by atoms with Gasteiger partial charge in [0.15, 0.2) is 0 Å². The Morgan fingerprint density at radius 1 is 1.02 bits per heavy atom. The largest absolute Gasteiger partial charge is 0.441 e. The summed E-state index contributed by atoms with van der Waals surface area (Å²) < 4.78 is 21.8. The number of likely N-dealkylation sites (tertiary alicyclic amines) is 1. The van der Waals surface area contributed by atoms with Crippen LogP contribution in [-0.4, -0.2) is 51.9 Å². The van der Waals surface area contributed by atoms with Gasteiger partial charge in [-0.2, -0.15) is 9.59 Å². The van der Waals surface area contributed by atoms with Crippen molar-refractivity contribution in [2.45, 2.75) is 44.9 Å². The molecule has 6 rings (SSSR count). The molecule has 2 aromatic carbocycles. The molecule has 9 heteroatoms. The summed E-state index contributed by atoms with van der Waals surface area (Å²) in [5, 5.41) is 1.12. The molecule has 4 heterocycles. The van der Waals surface area contributed by atoms with Crippen LogP contribution in [0.5, 0.6) is 0 Å². The molecule has 0 aliphatic carbocycles. The van der Waals surface area contributed by atoms with E-state index in [2.05, 4.69) is 29.5 Å². The predicted molar refractivity (Wildman–Crippen MR) is 148 cm³/mol. The van der Waals surface area contributed by atoms with Crippen LogP contribution < -0.4 is 4.90 Å². The minimum absolute atomic E-state index is 0.241. The van der Waals surface area contributed by atoms with Crippen molar-refractivity contribution >= 4 is 29.0 Å². The highest BCUT2D eigenvalue weighted by atomic mass is 19.1. The number of para-hydroxylation sites is 1. The number of fused-ring (bicyclic) bond motifs is 1. The fraction of sp³-hybridized carbons (Fsp3) is 0.323. The molecule has 2 aliphatic heterocycles. The molecule has 8 nitrogen and oxygen atoms in total. The number of benzene rings is 2.